The molecule has 3 aromatic carbocycles. The van der Waals surface area contributed by atoms with Crippen molar-refractivity contribution in [3.8, 4) is 29.1 Å². The van der Waals surface area contributed by atoms with E-state index >= 15 is 0 Å². The molecule has 0 saturated heterocycles. The van der Waals surface area contributed by atoms with Crippen LogP contribution < -0.4 is 24.8 Å². The predicted octanol–water partition coefficient (Wildman–Crippen LogP) is 5.13. The quantitative estimate of drug-likeness (QED) is 0.176. The van der Waals surface area contributed by atoms with Crippen LogP contribution in [0, 0.1) is 11.3 Å². The average molecular weight is 566 g/mol. The summed E-state index contributed by atoms with van der Waals surface area (Å²) >= 11 is 3.42. The number of phenols is 1. The van der Waals surface area contributed by atoms with Gasteiger partial charge in [0.1, 0.15) is 23.1 Å². The molecular weight excluding hydrogens is 542 g/mol. The molecule has 0 aliphatic rings. The molecule has 0 atom stereocenters. The lowest BCUT2D eigenvalue weighted by Crippen LogP contribution is -2.20. The van der Waals surface area contributed by atoms with Gasteiger partial charge in [-0.2, -0.15) is 5.26 Å². The monoisotopic (exact) mass is 565 g/mol. The third-order valence-corrected chi connectivity index (χ3v) is 5.44. The summed E-state index contributed by atoms with van der Waals surface area (Å²) in [7, 11) is 1.56. The Morgan fingerprint density at radius 1 is 1.03 bits per heavy atom. The van der Waals surface area contributed by atoms with Crippen LogP contribution in [0.1, 0.15) is 12.5 Å². The number of carbonyl (C=O) groups is 2. The van der Waals surface area contributed by atoms with E-state index in [1.165, 1.54) is 30.3 Å². The van der Waals surface area contributed by atoms with Crippen molar-refractivity contribution in [2.45, 2.75) is 6.92 Å². The van der Waals surface area contributed by atoms with Crippen molar-refractivity contribution in [1.29, 1.82) is 5.26 Å². The first-order valence-electron chi connectivity index (χ1n) is 11.1. The van der Waals surface area contributed by atoms with Gasteiger partial charge in [-0.05, 0) is 95.2 Å². The summed E-state index contributed by atoms with van der Waals surface area (Å²) in [4.78, 5) is 25.0. The van der Waals surface area contributed by atoms with Gasteiger partial charge < -0.3 is 30.0 Å². The second-order valence-corrected chi connectivity index (χ2v) is 8.35. The molecule has 0 aromatic heterocycles. The zero-order valence-corrected chi connectivity index (χ0v) is 21.7. The minimum atomic E-state index is -0.613. The number of nitrogens with one attached hydrogen (secondary N) is 2. The highest BCUT2D eigenvalue weighted by atomic mass is 79.9. The van der Waals surface area contributed by atoms with Crippen LogP contribution in [0.25, 0.3) is 6.08 Å². The van der Waals surface area contributed by atoms with Crippen LogP contribution >= 0.6 is 15.9 Å². The van der Waals surface area contributed by atoms with Crippen molar-refractivity contribution in [2.24, 2.45) is 0 Å². The number of ether oxygens (including phenoxy) is 3. The number of rotatable bonds is 10. The van der Waals surface area contributed by atoms with Crippen molar-refractivity contribution in [2.75, 3.05) is 31.0 Å². The van der Waals surface area contributed by atoms with E-state index in [2.05, 4.69) is 26.6 Å². The second-order valence-electron chi connectivity index (χ2n) is 7.50. The molecule has 0 unspecified atom stereocenters. The van der Waals surface area contributed by atoms with Gasteiger partial charge in [-0.3, -0.25) is 9.59 Å². The number of anilines is 2. The van der Waals surface area contributed by atoms with Gasteiger partial charge in [0, 0.05) is 11.4 Å². The zero-order valence-electron chi connectivity index (χ0n) is 20.1. The maximum absolute atomic E-state index is 12.6. The molecule has 9 nitrogen and oxygen atoms in total. The number of methoxy groups -OCH3 is 1. The summed E-state index contributed by atoms with van der Waals surface area (Å²) in [6.07, 6.45) is 1.41. The van der Waals surface area contributed by atoms with E-state index in [0.29, 0.717) is 45.3 Å². The molecule has 0 radical (unpaired) electrons. The van der Waals surface area contributed by atoms with Gasteiger partial charge in [-0.25, -0.2) is 0 Å². The number of hydrogen-bond donors (Lipinski definition) is 3. The maximum Gasteiger partial charge on any atom is 0.266 e. The van der Waals surface area contributed by atoms with E-state index in [4.69, 9.17) is 14.2 Å². The first-order chi connectivity index (χ1) is 17.8. The number of hydrogen-bond acceptors (Lipinski definition) is 7. The number of carbonyl (C=O) groups excluding carboxylic acids is 2. The first-order valence-corrected chi connectivity index (χ1v) is 11.9. The van der Waals surface area contributed by atoms with Crippen LogP contribution in [0.5, 0.6) is 23.0 Å². The molecule has 0 fully saturated rings. The van der Waals surface area contributed by atoms with Crippen molar-refractivity contribution in [3.63, 3.8) is 0 Å². The Hall–Kier alpha value is -4.49. The molecule has 3 rings (SSSR count). The third-order valence-electron chi connectivity index (χ3n) is 4.85. The van der Waals surface area contributed by atoms with Gasteiger partial charge in [0.15, 0.2) is 18.1 Å². The Kier molecular flexibility index (Phi) is 9.52. The molecule has 37 heavy (non-hydrogen) atoms. The molecule has 3 N–H and O–H groups in total. The molecule has 190 valence electrons. The number of aromatic hydroxyl groups is 1. The van der Waals surface area contributed by atoms with E-state index in [9.17, 15) is 20.0 Å². The Morgan fingerprint density at radius 3 is 2.30 bits per heavy atom. The smallest absolute Gasteiger partial charge is 0.266 e. The first kappa shape index (κ1) is 27.1. The summed E-state index contributed by atoms with van der Waals surface area (Å²) in [5.41, 5.74) is 1.38. The molecule has 3 aromatic rings. The van der Waals surface area contributed by atoms with Crippen LogP contribution in [0.3, 0.4) is 0 Å². The van der Waals surface area contributed by atoms with Crippen LogP contribution in [-0.4, -0.2) is 37.2 Å². The van der Waals surface area contributed by atoms with Gasteiger partial charge in [0.05, 0.1) is 18.2 Å². The van der Waals surface area contributed by atoms with Crippen LogP contribution in [0.15, 0.2) is 70.7 Å². The number of benzene rings is 3. The van der Waals surface area contributed by atoms with Crippen molar-refractivity contribution in [1.82, 2.24) is 0 Å². The molecule has 0 aliphatic carbocycles. The number of halogens is 1. The van der Waals surface area contributed by atoms with Gasteiger partial charge in [0.2, 0.25) is 0 Å². The topological polar surface area (TPSA) is 130 Å². The summed E-state index contributed by atoms with van der Waals surface area (Å²) in [5, 5.41) is 24.3. The highest BCUT2D eigenvalue weighted by Gasteiger charge is 2.16. The highest BCUT2D eigenvalue weighted by Crippen LogP contribution is 2.37. The SMILES string of the molecule is CCOc1cc(/C=C(\C#N)C(=O)Nc2ccc(O)cc2)cc(Br)c1OCC(=O)Nc1ccc(OC)cc1. The van der Waals surface area contributed by atoms with Gasteiger partial charge >= 0.3 is 0 Å². The van der Waals surface area contributed by atoms with Gasteiger partial charge in [0.25, 0.3) is 11.8 Å². The summed E-state index contributed by atoms with van der Waals surface area (Å²) < 4.78 is 17.0. The maximum atomic E-state index is 12.6. The van der Waals surface area contributed by atoms with E-state index in [1.54, 1.807) is 50.4 Å². The summed E-state index contributed by atoms with van der Waals surface area (Å²) in [6, 6.07) is 17.9. The number of amides is 2. The van der Waals surface area contributed by atoms with Crippen LogP contribution in [-0.2, 0) is 9.59 Å². The summed E-state index contributed by atoms with van der Waals surface area (Å²) in [5.74, 6) is 0.375. The van der Waals surface area contributed by atoms with E-state index in [0.717, 1.165) is 0 Å². The van der Waals surface area contributed by atoms with Crippen molar-refractivity contribution in [3.05, 3.63) is 76.3 Å². The number of phenolic OH excluding ortho intramolecular Hbond substituents is 1. The molecule has 0 saturated carbocycles. The lowest BCUT2D eigenvalue weighted by atomic mass is 10.1. The molecular formula is C27H24BrN3O6. The molecule has 2 amide bonds. The average Bonchev–Trinajstić information content (AvgIpc) is 2.88. The number of nitrogens with zero attached hydrogens (tertiary/aromatic N) is 1. The largest absolute Gasteiger partial charge is 0.508 e. The standard InChI is InChI=1S/C27H24BrN3O6/c1-3-36-24-14-17(12-18(15-29)27(34)31-20-4-8-21(32)9-5-20)13-23(28)26(24)37-16-25(33)30-19-6-10-22(35-2)11-7-19/h4-14,32H,3,16H2,1-2H3,(H,30,33)(H,31,34)/b18-12+. The minimum absolute atomic E-state index is 0.0582. The van der Waals surface area contributed by atoms with Crippen molar-refractivity contribution < 1.29 is 28.9 Å². The van der Waals surface area contributed by atoms with Gasteiger partial charge in [-0.1, -0.05) is 0 Å². The van der Waals surface area contributed by atoms with E-state index in [1.807, 2.05) is 6.07 Å². The fraction of sp³-hybridized carbons (Fsp3) is 0.148. The normalized spacial score (nSPS) is 10.7. The van der Waals surface area contributed by atoms with Crippen molar-refractivity contribution >= 4 is 45.2 Å². The second kappa shape index (κ2) is 13.0. The molecule has 0 aliphatic heterocycles. The lowest BCUT2D eigenvalue weighted by molar-refractivity contribution is -0.118. The Morgan fingerprint density at radius 2 is 1.68 bits per heavy atom. The zero-order chi connectivity index (χ0) is 26.8. The van der Waals surface area contributed by atoms with Gasteiger partial charge in [-0.15, -0.1) is 0 Å². The fourth-order valence-electron chi connectivity index (χ4n) is 3.14. The van der Waals surface area contributed by atoms with E-state index < -0.39 is 5.91 Å². The van der Waals surface area contributed by atoms with Crippen LogP contribution in [0.4, 0.5) is 11.4 Å². The molecule has 0 heterocycles. The molecule has 0 spiro atoms. The summed E-state index contributed by atoms with van der Waals surface area (Å²) in [6.45, 7) is 1.83. The van der Waals surface area contributed by atoms with E-state index in [-0.39, 0.29) is 23.8 Å². The molecule has 10 heteroatoms. The molecule has 0 bridgehead atoms. The predicted molar refractivity (Wildman–Crippen MR) is 143 cm³/mol. The Bertz CT molecular complexity index is 1330. The third kappa shape index (κ3) is 7.75. The Balaban J connectivity index is 1.74. The highest BCUT2D eigenvalue weighted by molar-refractivity contribution is 9.10. The number of nitriles is 1. The Labute approximate surface area is 222 Å². The fourth-order valence-corrected chi connectivity index (χ4v) is 3.72. The minimum Gasteiger partial charge on any atom is -0.508 e. The van der Waals surface area contributed by atoms with Crippen LogP contribution in [0.2, 0.25) is 0 Å². The lowest BCUT2D eigenvalue weighted by Gasteiger charge is -2.15.